The van der Waals surface area contributed by atoms with E-state index in [4.69, 9.17) is 0 Å². The molecule has 0 aromatic rings. The molecule has 1 amide bonds. The van der Waals surface area contributed by atoms with Crippen LogP contribution in [0.25, 0.3) is 0 Å². The van der Waals surface area contributed by atoms with Gasteiger partial charge in [-0.15, -0.1) is 0 Å². The summed E-state index contributed by atoms with van der Waals surface area (Å²) in [7, 11) is 0. The molecule has 0 spiro atoms. The van der Waals surface area contributed by atoms with Crippen molar-refractivity contribution in [2.24, 2.45) is 34.5 Å². The van der Waals surface area contributed by atoms with Gasteiger partial charge in [0.05, 0.1) is 5.92 Å². The zero-order valence-electron chi connectivity index (χ0n) is 14.0. The highest BCUT2D eigenvalue weighted by molar-refractivity contribution is 5.89. The quantitative estimate of drug-likeness (QED) is 0.781. The van der Waals surface area contributed by atoms with Crippen LogP contribution in [-0.4, -0.2) is 23.0 Å². The Morgan fingerprint density at radius 1 is 1.17 bits per heavy atom. The lowest BCUT2D eigenvalue weighted by atomic mass is 9.48. The van der Waals surface area contributed by atoms with Crippen LogP contribution >= 0.6 is 0 Å². The number of rotatable bonds is 1. The molecular formula is C19H27NO3. The minimum Gasteiger partial charge on any atom is -0.481 e. The number of aliphatic carboxylic acids is 1. The van der Waals surface area contributed by atoms with Crippen LogP contribution in [0, 0.1) is 34.5 Å². The van der Waals surface area contributed by atoms with Crippen molar-refractivity contribution in [2.75, 3.05) is 0 Å². The van der Waals surface area contributed by atoms with E-state index in [1.165, 1.54) is 0 Å². The predicted octanol–water partition coefficient (Wildman–Crippen LogP) is 2.98. The molecule has 4 nitrogen and oxygen atoms in total. The van der Waals surface area contributed by atoms with Crippen LogP contribution in [-0.2, 0) is 9.59 Å². The highest BCUT2D eigenvalue weighted by Crippen LogP contribution is 2.64. The molecule has 0 bridgehead atoms. The van der Waals surface area contributed by atoms with Crippen molar-refractivity contribution in [2.45, 2.75) is 58.4 Å². The molecule has 0 aromatic carbocycles. The average Bonchev–Trinajstić information content (AvgIpc) is 2.85. The Balaban J connectivity index is 1.66. The molecule has 2 N–H and O–H groups in total. The number of fused-ring (bicyclic) bond motifs is 5. The lowest BCUT2D eigenvalue weighted by Crippen LogP contribution is -2.59. The minimum atomic E-state index is -0.599. The second-order valence-electron chi connectivity index (χ2n) is 8.73. The summed E-state index contributed by atoms with van der Waals surface area (Å²) in [5, 5.41) is 12.8. The van der Waals surface area contributed by atoms with E-state index >= 15 is 0 Å². The third kappa shape index (κ3) is 1.96. The molecule has 7 atom stereocenters. The summed E-state index contributed by atoms with van der Waals surface area (Å²) in [5.74, 6) is 0.992. The van der Waals surface area contributed by atoms with Gasteiger partial charge in [0.2, 0.25) is 5.91 Å². The maximum atomic E-state index is 11.7. The number of hydrogen-bond acceptors (Lipinski definition) is 2. The first-order valence-electron chi connectivity index (χ1n) is 9.09. The monoisotopic (exact) mass is 317 g/mol. The molecular weight excluding hydrogens is 290 g/mol. The van der Waals surface area contributed by atoms with Crippen molar-refractivity contribution in [3.8, 4) is 0 Å². The Bertz CT molecular complexity index is 585. The molecule has 0 saturated heterocycles. The third-order valence-electron chi connectivity index (χ3n) is 7.98. The standard InChI is InChI=1S/C19H27NO3/c1-18-9-7-13-11(12(18)4-5-14(18)17(22)23)3-6-15-19(13,2)10-8-16(21)20-15/h8,10-15H,3-7,9H2,1-2H3,(H,20,21)(H,22,23)/t11?,12?,13?,14?,15-,18?,19?/m1/s1. The summed E-state index contributed by atoms with van der Waals surface area (Å²) in [6.07, 6.45) is 10.0. The van der Waals surface area contributed by atoms with Gasteiger partial charge in [0.15, 0.2) is 0 Å². The fourth-order valence-corrected chi connectivity index (χ4v) is 6.74. The molecule has 0 aromatic heterocycles. The van der Waals surface area contributed by atoms with Gasteiger partial charge in [-0.25, -0.2) is 0 Å². The second kappa shape index (κ2) is 4.84. The van der Waals surface area contributed by atoms with Gasteiger partial charge < -0.3 is 10.4 Å². The highest BCUT2D eigenvalue weighted by Gasteiger charge is 2.60. The molecule has 4 rings (SSSR count). The first-order valence-corrected chi connectivity index (χ1v) is 9.09. The van der Waals surface area contributed by atoms with Gasteiger partial charge in [-0.1, -0.05) is 19.9 Å². The smallest absolute Gasteiger partial charge is 0.307 e. The molecule has 6 unspecified atom stereocenters. The molecule has 4 heteroatoms. The molecule has 1 aliphatic heterocycles. The summed E-state index contributed by atoms with van der Waals surface area (Å²) in [5.41, 5.74) is 0.0112. The predicted molar refractivity (Wildman–Crippen MR) is 86.6 cm³/mol. The average molecular weight is 317 g/mol. The summed E-state index contributed by atoms with van der Waals surface area (Å²) < 4.78 is 0. The molecule has 3 saturated carbocycles. The van der Waals surface area contributed by atoms with Gasteiger partial charge in [-0.05, 0) is 67.8 Å². The Morgan fingerprint density at radius 3 is 2.70 bits per heavy atom. The topological polar surface area (TPSA) is 66.4 Å². The van der Waals surface area contributed by atoms with Crippen LogP contribution in [0.15, 0.2) is 12.2 Å². The maximum Gasteiger partial charge on any atom is 0.307 e. The second-order valence-corrected chi connectivity index (χ2v) is 8.73. The lowest BCUT2D eigenvalue weighted by molar-refractivity contribution is -0.150. The normalized spacial score (nSPS) is 51.4. The fraction of sp³-hybridized carbons (Fsp3) is 0.789. The van der Waals surface area contributed by atoms with Crippen molar-refractivity contribution in [1.29, 1.82) is 0 Å². The maximum absolute atomic E-state index is 11.7. The SMILES string of the molecule is CC12CCC3C(CC[C@H]4NC(=O)C=CC34C)C1CCC2C(=O)O. The summed E-state index contributed by atoms with van der Waals surface area (Å²) in [6.45, 7) is 4.53. The van der Waals surface area contributed by atoms with Gasteiger partial charge in [0.1, 0.15) is 0 Å². The van der Waals surface area contributed by atoms with Crippen LogP contribution in [0.5, 0.6) is 0 Å². The molecule has 0 radical (unpaired) electrons. The summed E-state index contributed by atoms with van der Waals surface area (Å²) in [6, 6.07) is 0.252. The molecule has 23 heavy (non-hydrogen) atoms. The van der Waals surface area contributed by atoms with Crippen molar-refractivity contribution in [3.05, 3.63) is 12.2 Å². The van der Waals surface area contributed by atoms with Crippen molar-refractivity contribution >= 4 is 11.9 Å². The number of carbonyl (C=O) groups excluding carboxylic acids is 1. The van der Waals surface area contributed by atoms with Crippen molar-refractivity contribution in [1.82, 2.24) is 5.32 Å². The Hall–Kier alpha value is -1.32. The van der Waals surface area contributed by atoms with Crippen LogP contribution in [0.4, 0.5) is 0 Å². The van der Waals surface area contributed by atoms with E-state index in [0.717, 1.165) is 38.5 Å². The van der Waals surface area contributed by atoms with Gasteiger partial charge >= 0.3 is 5.97 Å². The van der Waals surface area contributed by atoms with Gasteiger partial charge in [-0.3, -0.25) is 9.59 Å². The molecule has 3 aliphatic carbocycles. The molecule has 126 valence electrons. The van der Waals surface area contributed by atoms with Crippen molar-refractivity contribution in [3.63, 3.8) is 0 Å². The third-order valence-corrected chi connectivity index (χ3v) is 7.98. The van der Waals surface area contributed by atoms with E-state index in [0.29, 0.717) is 17.8 Å². The fourth-order valence-electron chi connectivity index (χ4n) is 6.74. The molecule has 4 aliphatic rings. The van der Waals surface area contributed by atoms with Gasteiger partial charge in [-0.2, -0.15) is 0 Å². The van der Waals surface area contributed by atoms with Crippen LogP contribution < -0.4 is 5.32 Å². The number of nitrogens with one attached hydrogen (secondary N) is 1. The molecule has 3 fully saturated rings. The zero-order chi connectivity index (χ0) is 16.4. The van der Waals surface area contributed by atoms with Crippen LogP contribution in [0.2, 0.25) is 0 Å². The van der Waals surface area contributed by atoms with E-state index in [1.54, 1.807) is 6.08 Å². The number of carboxylic acids is 1. The number of carbonyl (C=O) groups is 2. The first-order chi connectivity index (χ1) is 10.9. The summed E-state index contributed by atoms with van der Waals surface area (Å²) in [4.78, 5) is 23.4. The van der Waals surface area contributed by atoms with E-state index in [-0.39, 0.29) is 28.7 Å². The molecule has 1 heterocycles. The minimum absolute atomic E-state index is 0.0299. The van der Waals surface area contributed by atoms with E-state index in [9.17, 15) is 14.7 Å². The van der Waals surface area contributed by atoms with Crippen LogP contribution in [0.1, 0.15) is 52.4 Å². The van der Waals surface area contributed by atoms with E-state index < -0.39 is 5.97 Å². The van der Waals surface area contributed by atoms with Crippen molar-refractivity contribution < 1.29 is 14.7 Å². The largest absolute Gasteiger partial charge is 0.481 e. The van der Waals surface area contributed by atoms with Crippen LogP contribution in [0.3, 0.4) is 0 Å². The number of carboxylic acid groups (broad SMARTS) is 1. The lowest BCUT2D eigenvalue weighted by Gasteiger charge is -2.58. The highest BCUT2D eigenvalue weighted by atomic mass is 16.4. The van der Waals surface area contributed by atoms with E-state index in [2.05, 4.69) is 25.2 Å². The summed E-state index contributed by atoms with van der Waals surface area (Å²) >= 11 is 0. The van der Waals surface area contributed by atoms with Gasteiger partial charge in [0, 0.05) is 11.5 Å². The zero-order valence-corrected chi connectivity index (χ0v) is 14.0. The number of hydrogen-bond donors (Lipinski definition) is 2. The van der Waals surface area contributed by atoms with E-state index in [1.807, 2.05) is 0 Å². The Morgan fingerprint density at radius 2 is 1.96 bits per heavy atom. The number of amides is 1. The Labute approximate surface area is 137 Å². The Kier molecular flexibility index (Phi) is 3.20. The van der Waals surface area contributed by atoms with Gasteiger partial charge in [0.25, 0.3) is 0 Å². The first kappa shape index (κ1) is 15.2.